The Balaban J connectivity index is -0.000000323. The Morgan fingerprint density at radius 1 is 0.431 bits per heavy atom. The first-order valence-electron chi connectivity index (χ1n) is 26.0. The number of rotatable bonds is 23. The van der Waals surface area contributed by atoms with Gasteiger partial charge in [-0.2, -0.15) is 0 Å². The zero-order valence-corrected chi connectivity index (χ0v) is 70.8. The van der Waals surface area contributed by atoms with Crippen LogP contribution in [-0.2, 0) is 137 Å². The van der Waals surface area contributed by atoms with Gasteiger partial charge in [-0.15, -0.1) is 0 Å². The summed E-state index contributed by atoms with van der Waals surface area (Å²) >= 11 is -16.6. The molecule has 5 saturated heterocycles. The molecule has 5 heterocycles. The van der Waals surface area contributed by atoms with Crippen LogP contribution in [0, 0.1) is 0 Å². The first-order chi connectivity index (χ1) is 42.4. The van der Waals surface area contributed by atoms with Crippen LogP contribution in [0.4, 0.5) is 0 Å². The van der Waals surface area contributed by atoms with Crippen LogP contribution in [0.5, 0.6) is 0 Å². The van der Waals surface area contributed by atoms with Gasteiger partial charge in [-0.05, 0) is 51.5 Å². The third-order valence-corrected chi connectivity index (χ3v) is 65.7. The van der Waals surface area contributed by atoms with E-state index in [0.29, 0.717) is 19.4 Å². The lowest BCUT2D eigenvalue weighted by atomic mass is 10.2. The predicted octanol–water partition coefficient (Wildman–Crippen LogP) is -3.64. The second-order valence-electron chi connectivity index (χ2n) is 18.6. The van der Waals surface area contributed by atoms with Crippen LogP contribution >= 0.6 is 0 Å². The van der Waals surface area contributed by atoms with E-state index in [-0.39, 0.29) is 86.4 Å². The van der Waals surface area contributed by atoms with E-state index in [1.807, 2.05) is 0 Å². The molecule has 0 spiro atoms. The van der Waals surface area contributed by atoms with Crippen molar-refractivity contribution < 1.29 is 196 Å². The van der Waals surface area contributed by atoms with Gasteiger partial charge < -0.3 is 191 Å². The number of fused-ring (bicyclic) bond motifs is 4. The Morgan fingerprint density at radius 2 is 0.716 bits per heavy atom. The highest BCUT2D eigenvalue weighted by Gasteiger charge is 2.77. The number of carbonyl (C=O) groups is 2. The summed E-state index contributed by atoms with van der Waals surface area (Å²) in [6.07, 6.45) is 0.855. The van der Waals surface area contributed by atoms with Crippen molar-refractivity contribution in [3.63, 3.8) is 0 Å². The Bertz CT molecular complexity index is 2370. The maximum absolute atomic E-state index is 12.1. The standard InChI is InChI=1S/C8H16NO3Si.C6H14NO3Si.2C6H18O10Si3.10CH4.4Al.2H5O10Si3/c1-3-13(2,12)9-6-4-5-7(9)8(10)11;1-4-11(3,10)7-5(2)6(8)9;2*1-9-17(7,10-2)15-19(13-5,14-6)16-18(8,11-3)12-4;;;;;;;;;;;;;;;2*1-11(2,3)9-13(7,8)10-12(4,5)6/h7H,3-6H2,1-2H3,(H,10,11);5,7H,4H2,1-3H3,(H,8,9);2*1-6H3;10*1H4;;;;;2*1-2,4-5,7H/q2*-1;2*-2;;;;;;;;;;;4*+3;2*-3/t7?,13-;5-,11+;;;;;;;;;;;;;;;;;;/m10................../s1. The molecule has 5 aliphatic heterocycles. The smallest absolute Gasteiger partial charge is 0.488 e. The summed E-state index contributed by atoms with van der Waals surface area (Å²) in [5.41, 5.74) is 0. The molecule has 0 saturated carbocycles. The highest BCUT2D eigenvalue weighted by Crippen LogP contribution is 2.36. The molecule has 0 aromatic rings. The fourth-order valence-corrected chi connectivity index (χ4v) is 63.1. The third kappa shape index (κ3) is 32.0. The first kappa shape index (κ1) is 118. The zero-order valence-electron chi connectivity index (χ0n) is 52.2. The van der Waals surface area contributed by atoms with Crippen LogP contribution in [0.1, 0.15) is 108 Å². The lowest BCUT2D eigenvalue weighted by Crippen LogP contribution is -2.74. The van der Waals surface area contributed by atoms with Crippen LogP contribution < -0.4 is 4.98 Å². The van der Waals surface area contributed by atoms with Crippen molar-refractivity contribution in [1.29, 1.82) is 0 Å². The van der Waals surface area contributed by atoms with E-state index in [0.717, 1.165) is 85.3 Å². The van der Waals surface area contributed by atoms with Crippen molar-refractivity contribution in [3.8, 4) is 0 Å². The molecule has 0 radical (unpaired) electrons. The van der Waals surface area contributed by atoms with E-state index in [1.165, 1.54) is 13.5 Å². The Labute approximate surface area is 635 Å². The number of carboxylic acids is 2. The molecule has 66 heteroatoms. The normalized spacial score (nSPS) is 26.8. The van der Waals surface area contributed by atoms with E-state index < -0.39 is 210 Å². The van der Waals surface area contributed by atoms with E-state index in [9.17, 15) is 67.8 Å². The van der Waals surface area contributed by atoms with Crippen LogP contribution in [0.2, 0.25) is 25.2 Å². The maximum Gasteiger partial charge on any atom is 0.886 e. The van der Waals surface area contributed by atoms with Crippen LogP contribution in [-0.4, -0.2) is 365 Å². The van der Waals surface area contributed by atoms with Crippen molar-refractivity contribution in [1.82, 2.24) is 9.55 Å². The monoisotopic (exact) mass is 1810 g/mol. The Hall–Kier alpha value is 2.35. The fraction of sp³-hybridized carbons (Fsp3) is 0.944. The number of nitrogens with one attached hydrogen (secondary N) is 1. The van der Waals surface area contributed by atoms with Gasteiger partial charge >= 0.3 is 181 Å². The molecule has 0 amide bonds. The molecule has 13 N–H and O–H groups in total. The van der Waals surface area contributed by atoms with Gasteiger partial charge in [0.15, 0.2) is 0 Å². The largest absolute Gasteiger partial charge is 0.886 e. The molecule has 5 aliphatic rings. The molecule has 5 rings (SSSR count). The first-order valence-corrected chi connectivity index (χ1v) is 56.8. The summed E-state index contributed by atoms with van der Waals surface area (Å²) in [6, 6.07) is -1.64. The highest BCUT2D eigenvalue weighted by molar-refractivity contribution is 6.87. The molecular weight excluding hydrogens is 1700 g/mol. The summed E-state index contributed by atoms with van der Waals surface area (Å²) in [5, 5.41) is 19.3. The topological polar surface area (TPSA) is 588 Å². The highest BCUT2D eigenvalue weighted by atomic mass is 28.5. The lowest BCUT2D eigenvalue weighted by molar-refractivity contribution is -0.141. The molecule has 4 bridgehead atoms. The molecule has 614 valence electrons. The van der Waals surface area contributed by atoms with Gasteiger partial charge in [-0.3, -0.25) is 14.2 Å². The minimum atomic E-state index is -5.76. The van der Waals surface area contributed by atoms with E-state index in [1.54, 1.807) is 25.0 Å². The van der Waals surface area contributed by atoms with Gasteiger partial charge in [0.25, 0.3) is 0 Å². The average Bonchev–Trinajstić information content (AvgIpc) is 0.803. The maximum atomic E-state index is 12.1. The van der Waals surface area contributed by atoms with Gasteiger partial charge in [0.1, 0.15) is 6.04 Å². The van der Waals surface area contributed by atoms with Crippen LogP contribution in [0.25, 0.3) is 0 Å². The molecule has 102 heavy (non-hydrogen) atoms. The average molecular weight is 1810 g/mol. The van der Waals surface area contributed by atoms with Crippen molar-refractivity contribution in [2.75, 3.05) is 91.9 Å². The summed E-state index contributed by atoms with van der Waals surface area (Å²) in [4.78, 5) is 133. The van der Waals surface area contributed by atoms with Crippen LogP contribution in [0.15, 0.2) is 0 Å². The number of carboxylic acid groups (broad SMARTS) is 2. The van der Waals surface area contributed by atoms with Gasteiger partial charge in [-0.1, -0.05) is 88.1 Å². The third-order valence-electron chi connectivity index (χ3n) is 12.6. The minimum absolute atomic E-state index is 0. The quantitative estimate of drug-likeness (QED) is 0.0439. The molecule has 48 nitrogen and oxygen atoms in total. The summed E-state index contributed by atoms with van der Waals surface area (Å²) < 4.78 is 177. The number of nitrogens with zero attached hydrogens (tertiary/aromatic N) is 1. The van der Waals surface area contributed by atoms with Gasteiger partial charge in [0.2, 0.25) is 17.0 Å². The molecule has 0 aromatic carbocycles. The van der Waals surface area contributed by atoms with Crippen molar-refractivity contribution in [3.05, 3.63) is 0 Å². The van der Waals surface area contributed by atoms with E-state index in [4.69, 9.17) is 124 Å². The molecule has 0 aromatic heterocycles. The number of aliphatic carboxylic acids is 2. The van der Waals surface area contributed by atoms with Gasteiger partial charge in [0, 0.05) is 85.3 Å². The lowest BCUT2D eigenvalue weighted by Gasteiger charge is -2.43. The molecular formula is C36H116Al4N2O46Si14. The second-order valence-corrected chi connectivity index (χ2v) is 63.2. The second kappa shape index (κ2) is 47.3. The minimum Gasteiger partial charge on any atom is -0.488 e. The zero-order chi connectivity index (χ0) is 70.1. The Kier molecular flexibility index (Phi) is 54.5. The molecule has 5 fully saturated rings. The Morgan fingerprint density at radius 3 is 0.980 bits per heavy atom. The van der Waals surface area contributed by atoms with E-state index >= 15 is 0 Å². The van der Waals surface area contributed by atoms with Crippen LogP contribution in [0.3, 0.4) is 0 Å². The van der Waals surface area contributed by atoms with E-state index in [2.05, 4.69) is 9.10 Å². The van der Waals surface area contributed by atoms with Crippen molar-refractivity contribution >= 4 is 198 Å². The summed E-state index contributed by atoms with van der Waals surface area (Å²) in [5.74, 6) is -2.32. The van der Waals surface area contributed by atoms with Crippen molar-refractivity contribution in [2.45, 2.75) is 145 Å². The van der Waals surface area contributed by atoms with Gasteiger partial charge in [-0.25, -0.2) is 0 Å². The van der Waals surface area contributed by atoms with Crippen molar-refractivity contribution in [2.24, 2.45) is 0 Å². The summed E-state index contributed by atoms with van der Waals surface area (Å²) in [7, 11) is -55.2. The molecule has 6 atom stereocenters. The van der Waals surface area contributed by atoms with Gasteiger partial charge in [0.05, 0.1) is 6.04 Å². The number of hydrogen-bond donors (Lipinski definition) is 13. The number of hydrogen-bond acceptors (Lipinski definition) is 46. The SMILES string of the molecule is C.C.C.C.C.C.C.C.C.C.CC[Si@@](C)([O][Al]1[O][Si](O)(O)O[Si]2(O)[O][Al]([O][Si](O)(O)O2)[O][Si](OC)(OC)O[Si](OC)(OC)O[Si](OC)(OC)[O]1)N1CCCC1C(=O)O.CC[Si@](C)(N[C@@H](C)C(=O)O)[O][Al]1[O][Si](O)(O)O[Si]2(O)[O][Al]([O][Si](O)(O)O2)[O][Si](OC)(OC)O[Si](OC)(OC)O[Si](OC)(OC)[O]1. The molecule has 0 aliphatic carbocycles. The predicted molar refractivity (Wildman–Crippen MR) is 379 cm³/mol. The fourth-order valence-electron chi connectivity index (χ4n) is 7.82. The molecule has 3 unspecified atom stereocenters. The summed E-state index contributed by atoms with van der Waals surface area (Å²) in [6.45, 7) is 8.24.